The summed E-state index contributed by atoms with van der Waals surface area (Å²) in [5, 5.41) is 3.15. The summed E-state index contributed by atoms with van der Waals surface area (Å²) < 4.78 is 33.2. The molecule has 6 nitrogen and oxygen atoms in total. The molecule has 3 aromatic rings. The Labute approximate surface area is 187 Å². The lowest BCUT2D eigenvalue weighted by Crippen LogP contribution is -2.41. The van der Waals surface area contributed by atoms with E-state index in [4.69, 9.17) is 16.3 Å². The van der Waals surface area contributed by atoms with E-state index in [0.717, 1.165) is 9.87 Å². The van der Waals surface area contributed by atoms with E-state index < -0.39 is 22.5 Å². The van der Waals surface area contributed by atoms with Gasteiger partial charge in [0, 0.05) is 17.1 Å². The van der Waals surface area contributed by atoms with E-state index in [0.29, 0.717) is 22.0 Å². The molecule has 0 bridgehead atoms. The smallest absolute Gasteiger partial charge is 0.264 e. The number of nitrogens with one attached hydrogen (secondary N) is 1. The summed E-state index contributed by atoms with van der Waals surface area (Å²) in [6.45, 7) is 1.58. The van der Waals surface area contributed by atoms with Gasteiger partial charge in [-0.3, -0.25) is 9.10 Å². The maximum atomic E-state index is 13.4. The Morgan fingerprint density at radius 3 is 2.42 bits per heavy atom. The molecule has 3 aromatic carbocycles. The molecule has 31 heavy (non-hydrogen) atoms. The predicted octanol–water partition coefficient (Wildman–Crippen LogP) is 4.17. The van der Waals surface area contributed by atoms with Crippen molar-refractivity contribution in [2.75, 3.05) is 18.0 Å². The summed E-state index contributed by atoms with van der Waals surface area (Å²) in [5.74, 6) is 0.187. The van der Waals surface area contributed by atoms with Crippen molar-refractivity contribution in [1.29, 1.82) is 0 Å². The number of sulfonamides is 1. The predicted molar refractivity (Wildman–Crippen MR) is 122 cm³/mol. The zero-order valence-corrected chi connectivity index (χ0v) is 18.8. The van der Waals surface area contributed by atoms with E-state index in [9.17, 15) is 13.2 Å². The van der Waals surface area contributed by atoms with Gasteiger partial charge in [0.15, 0.2) is 0 Å². The second kappa shape index (κ2) is 9.85. The van der Waals surface area contributed by atoms with Gasteiger partial charge in [0.2, 0.25) is 5.91 Å². The molecule has 0 heterocycles. The van der Waals surface area contributed by atoms with Crippen LogP contribution in [0.4, 0.5) is 5.69 Å². The Balaban J connectivity index is 1.90. The highest BCUT2D eigenvalue weighted by atomic mass is 35.5. The third-order valence-electron chi connectivity index (χ3n) is 4.73. The molecule has 3 rings (SSSR count). The van der Waals surface area contributed by atoms with Crippen LogP contribution in [0.5, 0.6) is 5.75 Å². The molecule has 0 aliphatic carbocycles. The zero-order chi connectivity index (χ0) is 22.4. The van der Waals surface area contributed by atoms with Crippen molar-refractivity contribution in [2.45, 2.75) is 18.4 Å². The quantitative estimate of drug-likeness (QED) is 0.549. The van der Waals surface area contributed by atoms with Crippen LogP contribution >= 0.6 is 11.6 Å². The van der Waals surface area contributed by atoms with Crippen LogP contribution in [0.2, 0.25) is 5.02 Å². The number of para-hydroxylation sites is 1. The average Bonchev–Trinajstić information content (AvgIpc) is 2.78. The number of aryl methyl sites for hydroxylation is 1. The average molecular weight is 459 g/mol. The first kappa shape index (κ1) is 22.7. The van der Waals surface area contributed by atoms with E-state index in [-0.39, 0.29) is 11.4 Å². The molecule has 0 saturated heterocycles. The fourth-order valence-electron chi connectivity index (χ4n) is 3.10. The maximum absolute atomic E-state index is 13.4. The summed E-state index contributed by atoms with van der Waals surface area (Å²) in [4.78, 5) is 12.9. The van der Waals surface area contributed by atoms with Gasteiger partial charge in [-0.15, -0.1) is 0 Å². The summed E-state index contributed by atoms with van der Waals surface area (Å²) >= 11 is 6.13. The van der Waals surface area contributed by atoms with Crippen LogP contribution in [-0.2, 0) is 21.4 Å². The molecule has 8 heteroatoms. The molecule has 0 saturated carbocycles. The van der Waals surface area contributed by atoms with E-state index in [1.807, 2.05) is 18.2 Å². The summed E-state index contributed by atoms with van der Waals surface area (Å²) in [7, 11) is -2.44. The molecule has 162 valence electrons. The van der Waals surface area contributed by atoms with Gasteiger partial charge in [-0.2, -0.15) is 0 Å². The second-order valence-corrected chi connectivity index (χ2v) is 9.14. The van der Waals surface area contributed by atoms with Crippen molar-refractivity contribution in [3.63, 3.8) is 0 Å². The van der Waals surface area contributed by atoms with Gasteiger partial charge in [-0.05, 0) is 42.8 Å². The van der Waals surface area contributed by atoms with Crippen molar-refractivity contribution >= 4 is 33.2 Å². The molecule has 1 amide bonds. The van der Waals surface area contributed by atoms with Crippen LogP contribution in [0.25, 0.3) is 0 Å². The Morgan fingerprint density at radius 1 is 1.03 bits per heavy atom. The molecule has 0 fully saturated rings. The van der Waals surface area contributed by atoms with Gasteiger partial charge in [-0.25, -0.2) is 8.42 Å². The molecule has 0 atom stereocenters. The summed E-state index contributed by atoms with van der Waals surface area (Å²) in [5.41, 5.74) is 1.82. The molecule has 0 unspecified atom stereocenters. The highest BCUT2D eigenvalue weighted by molar-refractivity contribution is 7.92. The number of benzene rings is 3. The topological polar surface area (TPSA) is 75.7 Å². The fourth-order valence-corrected chi connectivity index (χ4v) is 4.76. The molecular weight excluding hydrogens is 436 g/mol. The first-order valence-corrected chi connectivity index (χ1v) is 11.4. The number of methoxy groups -OCH3 is 1. The SMILES string of the molecule is COc1ccccc1CNC(=O)CN(c1cc(Cl)ccc1C)S(=O)(=O)c1ccccc1. The third-order valence-corrected chi connectivity index (χ3v) is 6.74. The Bertz CT molecular complexity index is 1170. The van der Waals surface area contributed by atoms with Crippen LogP contribution in [0.15, 0.2) is 77.7 Å². The number of rotatable bonds is 8. The lowest BCUT2D eigenvalue weighted by molar-refractivity contribution is -0.119. The van der Waals surface area contributed by atoms with Crippen molar-refractivity contribution < 1.29 is 17.9 Å². The number of amides is 1. The van der Waals surface area contributed by atoms with Gasteiger partial charge in [0.1, 0.15) is 12.3 Å². The number of hydrogen-bond donors (Lipinski definition) is 1. The first-order valence-electron chi connectivity index (χ1n) is 9.55. The number of anilines is 1. The number of ether oxygens (including phenoxy) is 1. The number of nitrogens with zero attached hydrogens (tertiary/aromatic N) is 1. The first-order chi connectivity index (χ1) is 14.8. The van der Waals surface area contributed by atoms with Crippen LogP contribution in [-0.4, -0.2) is 28.0 Å². The van der Waals surface area contributed by atoms with Crippen molar-refractivity contribution in [3.05, 3.63) is 88.9 Å². The molecule has 0 aromatic heterocycles. The van der Waals surface area contributed by atoms with Crippen molar-refractivity contribution in [1.82, 2.24) is 5.32 Å². The Hall–Kier alpha value is -3.03. The normalized spacial score (nSPS) is 11.1. The zero-order valence-electron chi connectivity index (χ0n) is 17.2. The molecule has 1 N–H and O–H groups in total. The fraction of sp³-hybridized carbons (Fsp3) is 0.174. The van der Waals surface area contributed by atoms with E-state index >= 15 is 0 Å². The largest absolute Gasteiger partial charge is 0.496 e. The number of halogens is 1. The van der Waals surface area contributed by atoms with Crippen LogP contribution in [0.1, 0.15) is 11.1 Å². The number of hydrogen-bond acceptors (Lipinski definition) is 4. The molecular formula is C23H23ClN2O4S. The Morgan fingerprint density at radius 2 is 1.71 bits per heavy atom. The van der Waals surface area contributed by atoms with Crippen LogP contribution in [0.3, 0.4) is 0 Å². The van der Waals surface area contributed by atoms with Gasteiger partial charge in [0.25, 0.3) is 10.0 Å². The van der Waals surface area contributed by atoms with Crippen LogP contribution < -0.4 is 14.4 Å². The highest BCUT2D eigenvalue weighted by Gasteiger charge is 2.28. The minimum Gasteiger partial charge on any atom is -0.496 e. The maximum Gasteiger partial charge on any atom is 0.264 e. The standard InChI is InChI=1S/C23H23ClN2O4S/c1-17-12-13-19(24)14-21(17)26(31(28,29)20-9-4-3-5-10-20)16-23(27)25-15-18-8-6-7-11-22(18)30-2/h3-14H,15-16H2,1-2H3,(H,25,27). The van der Waals surface area contributed by atoms with Gasteiger partial charge < -0.3 is 10.1 Å². The van der Waals surface area contributed by atoms with E-state index in [1.165, 1.54) is 12.1 Å². The van der Waals surface area contributed by atoms with E-state index in [1.54, 1.807) is 56.5 Å². The summed E-state index contributed by atoms with van der Waals surface area (Å²) in [6.07, 6.45) is 0. The monoisotopic (exact) mass is 458 g/mol. The third kappa shape index (κ3) is 5.37. The van der Waals surface area contributed by atoms with Gasteiger partial charge >= 0.3 is 0 Å². The van der Waals surface area contributed by atoms with Crippen LogP contribution in [0, 0.1) is 6.92 Å². The molecule has 0 radical (unpaired) electrons. The lowest BCUT2D eigenvalue weighted by Gasteiger charge is -2.26. The summed E-state index contributed by atoms with van der Waals surface area (Å²) in [6, 6.07) is 20.2. The van der Waals surface area contributed by atoms with Crippen molar-refractivity contribution in [3.8, 4) is 5.75 Å². The molecule has 0 spiro atoms. The second-order valence-electron chi connectivity index (χ2n) is 6.84. The molecule has 0 aliphatic heterocycles. The number of carbonyl (C=O) groups excluding carboxylic acids is 1. The molecule has 0 aliphatic rings. The lowest BCUT2D eigenvalue weighted by atomic mass is 10.2. The highest BCUT2D eigenvalue weighted by Crippen LogP contribution is 2.29. The number of carbonyl (C=O) groups is 1. The van der Waals surface area contributed by atoms with E-state index in [2.05, 4.69) is 5.32 Å². The minimum absolute atomic E-state index is 0.0897. The van der Waals surface area contributed by atoms with Gasteiger partial charge in [0.05, 0.1) is 17.7 Å². The van der Waals surface area contributed by atoms with Gasteiger partial charge in [-0.1, -0.05) is 54.1 Å². The Kier molecular flexibility index (Phi) is 7.20. The van der Waals surface area contributed by atoms with Crippen molar-refractivity contribution in [2.24, 2.45) is 0 Å². The minimum atomic E-state index is -4.00.